The molecule has 3 fully saturated rings. The molecule has 0 aliphatic carbocycles. The Hall–Kier alpha value is -9.45. The first-order chi connectivity index (χ1) is 51.9. The fourth-order valence-electron chi connectivity index (χ4n) is 12.9. The molecule has 596 valence electrons. The molecule has 0 atom stereocenters. The van der Waals surface area contributed by atoms with E-state index in [1.807, 2.05) is 153 Å². The number of rotatable bonds is 25. The van der Waals surface area contributed by atoms with Crippen LogP contribution in [0.15, 0.2) is 121 Å². The van der Waals surface area contributed by atoms with E-state index in [2.05, 4.69) is 19.8 Å². The summed E-state index contributed by atoms with van der Waals surface area (Å²) >= 11 is 25.7. The number of ether oxygens (including phenoxy) is 4. The average molecular weight is 1620 g/mol. The van der Waals surface area contributed by atoms with Crippen molar-refractivity contribution >= 4 is 143 Å². The fraction of sp³-hybridized carbons (Fsp3) is 0.412. The van der Waals surface area contributed by atoms with Crippen molar-refractivity contribution in [3.05, 3.63) is 188 Å². The van der Waals surface area contributed by atoms with E-state index in [-0.39, 0.29) is 75.6 Å². The van der Waals surface area contributed by atoms with E-state index in [4.69, 9.17) is 70.3 Å². The number of carbonyl (C=O) groups excluding carboxylic acids is 4. The quantitative estimate of drug-likeness (QED) is 0.0223. The Bertz CT molecular complexity index is 4690. The van der Waals surface area contributed by atoms with Gasteiger partial charge in [0, 0.05) is 125 Å². The monoisotopic (exact) mass is 1620 g/mol. The van der Waals surface area contributed by atoms with Crippen LogP contribution in [0.5, 0.6) is 17.6 Å². The van der Waals surface area contributed by atoms with E-state index in [0.717, 1.165) is 54.6 Å². The van der Waals surface area contributed by atoms with Gasteiger partial charge in [0.05, 0.1) is 83.5 Å². The van der Waals surface area contributed by atoms with Crippen LogP contribution in [0.4, 0.5) is 28.4 Å². The summed E-state index contributed by atoms with van der Waals surface area (Å²) in [5, 5.41) is 30.0. The SMILES string of the molecule is C.C.C.CCOC(=O)c1c(OCCCN(C)C)nc2ccc(C)cc2c1N1CCN(C(=O)c2ccc(Cl)c(Cl)c2)CC1.CN(C)CCCOc1nc2ccccc2c(N2CCN(C(=O)c3ccc(Cl)c(Cl)c3)CC2)c1[N+](=O)[O-].CN(C)CCCOc1nc2ccccc2c(N2CCN(C(=O)c3cccs3)CC2)c1[N+](=O)[O-]. The number of nitro groups is 2. The minimum Gasteiger partial charge on any atom is -0.477 e. The Balaban J connectivity index is 0.000000229. The summed E-state index contributed by atoms with van der Waals surface area (Å²) in [5.74, 6) is -0.408. The van der Waals surface area contributed by atoms with Gasteiger partial charge >= 0.3 is 17.3 Å². The first kappa shape index (κ1) is 88.8. The van der Waals surface area contributed by atoms with Crippen LogP contribution in [0.2, 0.25) is 20.1 Å². The number of nitrogens with zero attached hydrogens (tertiary/aromatic N) is 14. The van der Waals surface area contributed by atoms with E-state index in [0.29, 0.717) is 180 Å². The van der Waals surface area contributed by atoms with Gasteiger partial charge in [-0.2, -0.15) is 0 Å². The topological polar surface area (TPSA) is 259 Å². The molecule has 0 N–H and O–H groups in total. The third-order valence-corrected chi connectivity index (χ3v) is 20.6. The lowest BCUT2D eigenvalue weighted by atomic mass is 10.0. The van der Waals surface area contributed by atoms with Crippen LogP contribution >= 0.6 is 57.7 Å². The maximum atomic E-state index is 13.4. The van der Waals surface area contributed by atoms with Crippen molar-refractivity contribution in [3.63, 3.8) is 0 Å². The van der Waals surface area contributed by atoms with Gasteiger partial charge in [-0.1, -0.05) is 123 Å². The number of amides is 3. The molecule has 111 heavy (non-hydrogen) atoms. The second kappa shape index (κ2) is 41.7. The summed E-state index contributed by atoms with van der Waals surface area (Å²) in [5.41, 5.74) is 5.76. The zero-order valence-electron chi connectivity index (χ0n) is 61.7. The summed E-state index contributed by atoms with van der Waals surface area (Å²) in [4.78, 5) is 108. The molecule has 31 heteroatoms. The van der Waals surface area contributed by atoms with Gasteiger partial charge in [-0.3, -0.25) is 34.6 Å². The van der Waals surface area contributed by atoms with Gasteiger partial charge in [0.25, 0.3) is 29.5 Å². The zero-order chi connectivity index (χ0) is 77.3. The Morgan fingerprint density at radius 1 is 0.468 bits per heavy atom. The molecule has 3 aliphatic rings. The highest BCUT2D eigenvalue weighted by Gasteiger charge is 2.36. The van der Waals surface area contributed by atoms with Crippen LogP contribution in [0.25, 0.3) is 32.7 Å². The second-order valence-electron chi connectivity index (χ2n) is 26.7. The van der Waals surface area contributed by atoms with Crippen molar-refractivity contribution in [1.82, 2.24) is 44.4 Å². The highest BCUT2D eigenvalue weighted by molar-refractivity contribution is 7.12. The molecule has 3 amide bonds. The Kier molecular flexibility index (Phi) is 33.4. The van der Waals surface area contributed by atoms with Crippen molar-refractivity contribution in [3.8, 4) is 17.6 Å². The van der Waals surface area contributed by atoms with Gasteiger partial charge in [-0.05, 0) is 148 Å². The lowest BCUT2D eigenvalue weighted by Crippen LogP contribution is -2.49. The van der Waals surface area contributed by atoms with E-state index in [1.54, 1.807) is 58.0 Å². The van der Waals surface area contributed by atoms with Gasteiger partial charge in [-0.25, -0.2) is 19.7 Å². The number of carbonyl (C=O) groups is 4. The summed E-state index contributed by atoms with van der Waals surface area (Å²) < 4.78 is 23.2. The van der Waals surface area contributed by atoms with Gasteiger partial charge in [0.2, 0.25) is 5.88 Å². The molecule has 4 aromatic heterocycles. The summed E-state index contributed by atoms with van der Waals surface area (Å²) in [6, 6.07) is 34.1. The van der Waals surface area contributed by atoms with Crippen LogP contribution in [-0.2, 0) is 4.74 Å². The van der Waals surface area contributed by atoms with Gasteiger partial charge in [0.15, 0.2) is 0 Å². The third kappa shape index (κ3) is 22.5. The average Bonchev–Trinajstić information content (AvgIpc) is 0.791. The molecule has 12 rings (SSSR count). The summed E-state index contributed by atoms with van der Waals surface area (Å²) in [7, 11) is 11.9. The smallest absolute Gasteiger partial charge is 0.354 e. The molecule has 0 radical (unpaired) electrons. The third-order valence-electron chi connectivity index (χ3n) is 18.2. The number of hydrogen-bond acceptors (Lipinski definition) is 22. The van der Waals surface area contributed by atoms with Crippen molar-refractivity contribution in [2.45, 2.75) is 55.4 Å². The lowest BCUT2D eigenvalue weighted by molar-refractivity contribution is -0.385. The number of hydrogen-bond donors (Lipinski definition) is 0. The highest BCUT2D eigenvalue weighted by Crippen LogP contribution is 2.45. The van der Waals surface area contributed by atoms with Gasteiger partial charge in [0.1, 0.15) is 16.9 Å². The Morgan fingerprint density at radius 3 is 1.24 bits per heavy atom. The number of thiophene rings is 1. The van der Waals surface area contributed by atoms with Crippen molar-refractivity contribution in [1.29, 1.82) is 0 Å². The molecule has 7 heterocycles. The standard InChI is InChI=1S/C29H34Cl2N4O4.C25H27Cl2N5O4.C23H27N5O4S.3CH4/c1-5-38-29(37)25-26(21-17-19(2)7-10-24(21)32-27(25)39-16-6-11-33(3)4)34-12-14-35(15-13-34)28(36)20-8-9-22(30)23(31)18-20;1-29(2)10-5-15-36-24-23(32(34)35)22(18-6-3-4-7-21(18)28-24)30-11-13-31(14-12-30)25(33)17-8-9-19(26)20(27)16-17;1-25(2)10-6-15-32-22-21(28(30)31)20(17-7-3-4-8-18(17)24-22)26-11-13-27(14-12-26)23(29)19-9-5-16-33-19;;;/h7-10,17-18H,5-6,11-16H2,1-4H3;3-4,6-9,16H,5,10-15H2,1-2H3;3-5,7-9,16H,6,10-15H2,1-2H3;3*1H4. The molecule has 0 bridgehead atoms. The minimum atomic E-state index is -0.472. The molecular weight excluding hydrogens is 1520 g/mol. The predicted molar refractivity (Wildman–Crippen MR) is 447 cm³/mol. The highest BCUT2D eigenvalue weighted by atomic mass is 35.5. The molecule has 3 aliphatic heterocycles. The number of para-hydroxylation sites is 2. The number of fused-ring (bicyclic) bond motifs is 3. The normalized spacial score (nSPS) is 13.5. The number of aromatic nitrogens is 3. The largest absolute Gasteiger partial charge is 0.477 e. The van der Waals surface area contributed by atoms with E-state index < -0.39 is 15.8 Å². The van der Waals surface area contributed by atoms with E-state index >= 15 is 0 Å². The number of esters is 1. The molecule has 0 unspecified atom stereocenters. The predicted octanol–water partition coefficient (Wildman–Crippen LogP) is 15.5. The minimum absolute atomic E-state index is 0. The number of aryl methyl sites for hydroxylation is 1. The van der Waals surface area contributed by atoms with Crippen molar-refractivity contribution in [2.75, 3.05) is 182 Å². The van der Waals surface area contributed by atoms with E-state index in [1.165, 1.54) is 11.3 Å². The van der Waals surface area contributed by atoms with Crippen LogP contribution in [0, 0.1) is 27.2 Å². The Morgan fingerprint density at radius 2 is 0.856 bits per heavy atom. The Labute approximate surface area is 673 Å². The molecular formula is C80H100Cl4N14O12S. The fourth-order valence-corrected chi connectivity index (χ4v) is 14.2. The summed E-state index contributed by atoms with van der Waals surface area (Å²) in [6.45, 7) is 13.1. The number of benzene rings is 5. The number of halogens is 4. The zero-order valence-corrected chi connectivity index (χ0v) is 65.5. The molecule has 5 aromatic carbocycles. The van der Waals surface area contributed by atoms with E-state index in [9.17, 15) is 39.4 Å². The van der Waals surface area contributed by atoms with Crippen LogP contribution in [0.3, 0.4) is 0 Å². The lowest BCUT2D eigenvalue weighted by Gasteiger charge is -2.37. The summed E-state index contributed by atoms with van der Waals surface area (Å²) in [6.07, 6.45) is 2.23. The first-order valence-electron chi connectivity index (χ1n) is 35.6. The first-order valence-corrected chi connectivity index (χ1v) is 37.9. The number of pyridine rings is 3. The molecule has 0 spiro atoms. The number of piperazine rings is 3. The number of anilines is 3. The second-order valence-corrected chi connectivity index (χ2v) is 29.3. The maximum Gasteiger partial charge on any atom is 0.354 e. The van der Waals surface area contributed by atoms with Gasteiger partial charge in [-0.15, -0.1) is 11.3 Å². The van der Waals surface area contributed by atoms with Crippen LogP contribution in [-0.4, -0.2) is 245 Å². The maximum absolute atomic E-state index is 13.4. The van der Waals surface area contributed by atoms with Crippen molar-refractivity contribution in [2.24, 2.45) is 0 Å². The molecule has 9 aromatic rings. The molecule has 0 saturated carbocycles. The van der Waals surface area contributed by atoms with Crippen molar-refractivity contribution < 1.29 is 48.0 Å². The molecule has 26 nitrogen and oxygen atoms in total. The van der Waals surface area contributed by atoms with Crippen LogP contribution < -0.4 is 28.9 Å². The van der Waals surface area contributed by atoms with Gasteiger partial charge < -0.3 is 63.0 Å². The van der Waals surface area contributed by atoms with Crippen LogP contribution in [0.1, 0.15) is 94.8 Å². The molecule has 3 saturated heterocycles.